The highest BCUT2D eigenvalue weighted by atomic mass is 15.3. The summed E-state index contributed by atoms with van der Waals surface area (Å²) in [6.45, 7) is 3.06. The lowest BCUT2D eigenvalue weighted by molar-refractivity contribution is 0.719. The first-order chi connectivity index (χ1) is 8.24. The van der Waals surface area contributed by atoms with Gasteiger partial charge in [-0.2, -0.15) is 5.10 Å². The van der Waals surface area contributed by atoms with Gasteiger partial charge in [-0.1, -0.05) is 6.07 Å². The van der Waals surface area contributed by atoms with E-state index in [2.05, 4.69) is 22.3 Å². The Morgan fingerprint density at radius 3 is 2.82 bits per heavy atom. The van der Waals surface area contributed by atoms with Gasteiger partial charge in [-0.3, -0.25) is 9.67 Å². The van der Waals surface area contributed by atoms with E-state index in [1.165, 1.54) is 5.56 Å². The van der Waals surface area contributed by atoms with Crippen LogP contribution in [0.25, 0.3) is 11.4 Å². The minimum absolute atomic E-state index is 0.944. The maximum atomic E-state index is 4.56. The average molecular weight is 230 g/mol. The van der Waals surface area contributed by atoms with E-state index < -0.39 is 0 Å². The monoisotopic (exact) mass is 230 g/mol. The zero-order chi connectivity index (χ0) is 12.3. The fraction of sp³-hybridized carbons (Fsp3) is 0.385. The first kappa shape index (κ1) is 11.8. The van der Waals surface area contributed by atoms with Crippen LogP contribution in [0.1, 0.15) is 11.3 Å². The molecule has 0 saturated heterocycles. The number of hydrogen-bond acceptors (Lipinski definition) is 3. The fourth-order valence-corrected chi connectivity index (χ4v) is 2.03. The molecule has 1 N–H and O–H groups in total. The third kappa shape index (κ3) is 2.36. The van der Waals surface area contributed by atoms with Gasteiger partial charge in [-0.15, -0.1) is 0 Å². The Bertz CT molecular complexity index is 488. The number of nitrogens with zero attached hydrogens (tertiary/aromatic N) is 3. The lowest BCUT2D eigenvalue weighted by atomic mass is 10.1. The molecule has 0 atom stereocenters. The smallest absolute Gasteiger partial charge is 0.0895 e. The Morgan fingerprint density at radius 2 is 2.18 bits per heavy atom. The van der Waals surface area contributed by atoms with Gasteiger partial charge in [0, 0.05) is 26.2 Å². The van der Waals surface area contributed by atoms with Crippen molar-refractivity contribution in [1.29, 1.82) is 0 Å². The van der Waals surface area contributed by atoms with Gasteiger partial charge in [0.15, 0.2) is 0 Å². The summed E-state index contributed by atoms with van der Waals surface area (Å²) in [7, 11) is 3.93. The van der Waals surface area contributed by atoms with E-state index in [4.69, 9.17) is 0 Å². The van der Waals surface area contributed by atoms with Crippen LogP contribution in [0.4, 0.5) is 0 Å². The van der Waals surface area contributed by atoms with E-state index in [1.807, 2.05) is 43.2 Å². The Labute approximate surface area is 102 Å². The predicted molar refractivity (Wildman–Crippen MR) is 68.8 cm³/mol. The molecule has 2 rings (SSSR count). The van der Waals surface area contributed by atoms with Gasteiger partial charge >= 0.3 is 0 Å². The van der Waals surface area contributed by atoms with Crippen LogP contribution < -0.4 is 5.32 Å². The average Bonchev–Trinajstić information content (AvgIpc) is 2.63. The highest BCUT2D eigenvalue weighted by Crippen LogP contribution is 2.23. The number of likely N-dealkylation sites (N-methyl/N-ethyl adjacent to an activating group) is 1. The van der Waals surface area contributed by atoms with E-state index in [1.54, 1.807) is 0 Å². The van der Waals surface area contributed by atoms with E-state index >= 15 is 0 Å². The molecule has 0 radical (unpaired) electrons. The molecule has 0 bridgehead atoms. The van der Waals surface area contributed by atoms with Crippen LogP contribution >= 0.6 is 0 Å². The molecule has 90 valence electrons. The van der Waals surface area contributed by atoms with Crippen molar-refractivity contribution < 1.29 is 0 Å². The van der Waals surface area contributed by atoms with Crippen LogP contribution in [0, 0.1) is 6.92 Å². The van der Waals surface area contributed by atoms with E-state index in [-0.39, 0.29) is 0 Å². The second kappa shape index (κ2) is 5.10. The Kier molecular flexibility index (Phi) is 3.54. The molecule has 17 heavy (non-hydrogen) atoms. The predicted octanol–water partition coefficient (Wildman–Crippen LogP) is 1.55. The standard InChI is InChI=1S/C13H18N4/c1-10-11(7-9-14-2)16-17(3)13(10)12-6-4-5-8-15-12/h4-6,8,14H,7,9H2,1-3H3. The van der Waals surface area contributed by atoms with Crippen molar-refractivity contribution in [3.63, 3.8) is 0 Å². The van der Waals surface area contributed by atoms with Gasteiger partial charge in [-0.25, -0.2) is 0 Å². The molecule has 4 heteroatoms. The van der Waals surface area contributed by atoms with Crippen molar-refractivity contribution in [2.45, 2.75) is 13.3 Å². The maximum Gasteiger partial charge on any atom is 0.0895 e. The van der Waals surface area contributed by atoms with Crippen LogP contribution in [0.2, 0.25) is 0 Å². The van der Waals surface area contributed by atoms with Gasteiger partial charge < -0.3 is 5.32 Å². The lowest BCUT2D eigenvalue weighted by Gasteiger charge is -2.02. The van der Waals surface area contributed by atoms with Crippen LogP contribution in [0.3, 0.4) is 0 Å². The Balaban J connectivity index is 2.38. The van der Waals surface area contributed by atoms with Crippen molar-refractivity contribution in [3.05, 3.63) is 35.7 Å². The SMILES string of the molecule is CNCCc1nn(C)c(-c2ccccn2)c1C. The summed E-state index contributed by atoms with van der Waals surface area (Å²) in [5, 5.41) is 7.71. The largest absolute Gasteiger partial charge is 0.319 e. The van der Waals surface area contributed by atoms with Crippen molar-refractivity contribution in [1.82, 2.24) is 20.1 Å². The summed E-state index contributed by atoms with van der Waals surface area (Å²) < 4.78 is 1.92. The molecule has 0 saturated carbocycles. The normalized spacial score (nSPS) is 10.8. The van der Waals surface area contributed by atoms with Crippen LogP contribution in [-0.4, -0.2) is 28.4 Å². The molecule has 0 aliphatic heterocycles. The number of pyridine rings is 1. The van der Waals surface area contributed by atoms with Crippen LogP contribution in [0.5, 0.6) is 0 Å². The Morgan fingerprint density at radius 1 is 1.35 bits per heavy atom. The number of nitrogens with one attached hydrogen (secondary N) is 1. The summed E-state index contributed by atoms with van der Waals surface area (Å²) in [6, 6.07) is 5.95. The lowest BCUT2D eigenvalue weighted by Crippen LogP contribution is -2.11. The zero-order valence-electron chi connectivity index (χ0n) is 10.6. The molecule has 0 amide bonds. The highest BCUT2D eigenvalue weighted by Gasteiger charge is 2.13. The third-order valence-electron chi connectivity index (χ3n) is 2.90. The maximum absolute atomic E-state index is 4.56. The minimum Gasteiger partial charge on any atom is -0.319 e. The number of hydrogen-bond donors (Lipinski definition) is 1. The van der Waals surface area contributed by atoms with Gasteiger partial charge in [-0.05, 0) is 31.7 Å². The summed E-state index contributed by atoms with van der Waals surface area (Å²) in [5.74, 6) is 0. The molecule has 2 aromatic heterocycles. The van der Waals surface area contributed by atoms with Gasteiger partial charge in [0.25, 0.3) is 0 Å². The van der Waals surface area contributed by atoms with Crippen molar-refractivity contribution >= 4 is 0 Å². The molecule has 2 aromatic rings. The molecule has 0 spiro atoms. The second-order valence-corrected chi connectivity index (χ2v) is 4.11. The van der Waals surface area contributed by atoms with Gasteiger partial charge in [0.1, 0.15) is 0 Å². The number of aryl methyl sites for hydroxylation is 1. The molecule has 0 aromatic carbocycles. The van der Waals surface area contributed by atoms with Gasteiger partial charge in [0.2, 0.25) is 0 Å². The first-order valence-electron chi connectivity index (χ1n) is 5.82. The molecule has 0 aliphatic rings. The molecule has 4 nitrogen and oxygen atoms in total. The number of aromatic nitrogens is 3. The summed E-state index contributed by atoms with van der Waals surface area (Å²) >= 11 is 0. The van der Waals surface area contributed by atoms with Crippen LogP contribution in [-0.2, 0) is 13.5 Å². The summed E-state index contributed by atoms with van der Waals surface area (Å²) in [6.07, 6.45) is 2.76. The first-order valence-corrected chi connectivity index (χ1v) is 5.82. The molecule has 2 heterocycles. The minimum atomic E-state index is 0.944. The highest BCUT2D eigenvalue weighted by molar-refractivity contribution is 5.60. The molecule has 0 fully saturated rings. The van der Waals surface area contributed by atoms with Crippen molar-refractivity contribution in [2.24, 2.45) is 7.05 Å². The van der Waals surface area contributed by atoms with Crippen molar-refractivity contribution in [3.8, 4) is 11.4 Å². The van der Waals surface area contributed by atoms with Crippen molar-refractivity contribution in [2.75, 3.05) is 13.6 Å². The fourth-order valence-electron chi connectivity index (χ4n) is 2.03. The Hall–Kier alpha value is -1.68. The summed E-state index contributed by atoms with van der Waals surface area (Å²) in [4.78, 5) is 4.39. The topological polar surface area (TPSA) is 42.7 Å². The second-order valence-electron chi connectivity index (χ2n) is 4.11. The summed E-state index contributed by atoms with van der Waals surface area (Å²) in [5.41, 5.74) is 4.45. The zero-order valence-corrected chi connectivity index (χ0v) is 10.6. The molecule has 0 unspecified atom stereocenters. The van der Waals surface area contributed by atoms with Gasteiger partial charge in [0.05, 0.1) is 17.1 Å². The molecular formula is C13H18N4. The molecular weight excluding hydrogens is 212 g/mol. The third-order valence-corrected chi connectivity index (χ3v) is 2.90. The van der Waals surface area contributed by atoms with Crippen LogP contribution in [0.15, 0.2) is 24.4 Å². The number of rotatable bonds is 4. The van der Waals surface area contributed by atoms with E-state index in [0.717, 1.165) is 30.0 Å². The van der Waals surface area contributed by atoms with E-state index in [9.17, 15) is 0 Å². The van der Waals surface area contributed by atoms with E-state index in [0.29, 0.717) is 0 Å². The quantitative estimate of drug-likeness (QED) is 0.866. The molecule has 0 aliphatic carbocycles.